The zero-order valence-corrected chi connectivity index (χ0v) is 17.4. The molecule has 0 aliphatic carbocycles. The van der Waals surface area contributed by atoms with Crippen molar-refractivity contribution < 1.29 is 22.9 Å². The molecule has 0 bridgehead atoms. The van der Waals surface area contributed by atoms with Gasteiger partial charge in [0.1, 0.15) is 6.54 Å². The second-order valence-electron chi connectivity index (χ2n) is 6.56. The van der Waals surface area contributed by atoms with Gasteiger partial charge in [-0.3, -0.25) is 24.0 Å². The Hall–Kier alpha value is -4.25. The summed E-state index contributed by atoms with van der Waals surface area (Å²) in [5.41, 5.74) is 5.07. The van der Waals surface area contributed by atoms with Gasteiger partial charge in [-0.2, -0.15) is 0 Å². The Morgan fingerprint density at radius 3 is 2.28 bits per heavy atom. The number of nitrogens with two attached hydrogens (primary N) is 1. The van der Waals surface area contributed by atoms with Crippen molar-refractivity contribution in [3.8, 4) is 0 Å². The van der Waals surface area contributed by atoms with Crippen LogP contribution in [0.15, 0.2) is 83.8 Å². The highest BCUT2D eigenvalue weighted by molar-refractivity contribution is 7.92. The Morgan fingerprint density at radius 2 is 1.62 bits per heavy atom. The number of hydrogen-bond donors (Lipinski definition) is 2. The number of nitro groups is 1. The van der Waals surface area contributed by atoms with Gasteiger partial charge in [0.05, 0.1) is 26.8 Å². The van der Waals surface area contributed by atoms with Crippen LogP contribution < -0.4 is 15.4 Å². The number of carbonyl (C=O) groups is 2. The maximum Gasteiger partial charge on any atom is 0.271 e. The normalized spacial score (nSPS) is 10.9. The summed E-state index contributed by atoms with van der Waals surface area (Å²) in [5, 5.41) is 13.6. The fraction of sp³-hybridized carbons (Fsp3) is 0.0476. The van der Waals surface area contributed by atoms with Crippen molar-refractivity contribution in [2.24, 2.45) is 5.73 Å². The molecule has 0 heterocycles. The van der Waals surface area contributed by atoms with Crippen LogP contribution in [0, 0.1) is 10.1 Å². The molecule has 0 radical (unpaired) electrons. The Bertz CT molecular complexity index is 1280. The average molecular weight is 454 g/mol. The van der Waals surface area contributed by atoms with Gasteiger partial charge >= 0.3 is 0 Å². The summed E-state index contributed by atoms with van der Waals surface area (Å²) in [6.07, 6.45) is 0. The molecule has 3 rings (SSSR count). The average Bonchev–Trinajstić information content (AvgIpc) is 2.78. The van der Waals surface area contributed by atoms with Gasteiger partial charge in [-0.05, 0) is 30.3 Å². The van der Waals surface area contributed by atoms with Crippen LogP contribution in [0.2, 0.25) is 0 Å². The summed E-state index contributed by atoms with van der Waals surface area (Å²) >= 11 is 0. The quantitative estimate of drug-likeness (QED) is 0.394. The largest absolute Gasteiger partial charge is 0.366 e. The van der Waals surface area contributed by atoms with Crippen LogP contribution in [-0.2, 0) is 14.8 Å². The number of primary amides is 1. The van der Waals surface area contributed by atoms with Gasteiger partial charge in [0.25, 0.3) is 21.6 Å². The lowest BCUT2D eigenvalue weighted by Gasteiger charge is -2.24. The van der Waals surface area contributed by atoms with Crippen molar-refractivity contribution in [3.63, 3.8) is 0 Å². The zero-order valence-electron chi connectivity index (χ0n) is 16.5. The maximum absolute atomic E-state index is 13.3. The first-order chi connectivity index (χ1) is 15.2. The fourth-order valence-corrected chi connectivity index (χ4v) is 4.36. The van der Waals surface area contributed by atoms with Gasteiger partial charge in [-0.25, -0.2) is 8.42 Å². The smallest absolute Gasteiger partial charge is 0.271 e. The van der Waals surface area contributed by atoms with E-state index in [1.54, 1.807) is 18.2 Å². The molecule has 0 spiro atoms. The summed E-state index contributed by atoms with van der Waals surface area (Å²) in [6.45, 7) is -0.703. The molecule has 10 nitrogen and oxygen atoms in total. The lowest BCUT2D eigenvalue weighted by Crippen LogP contribution is -2.38. The number of non-ortho nitro benzene ring substituents is 1. The highest BCUT2D eigenvalue weighted by atomic mass is 32.2. The molecule has 0 unspecified atom stereocenters. The summed E-state index contributed by atoms with van der Waals surface area (Å²) in [6, 6.07) is 18.3. The van der Waals surface area contributed by atoms with Crippen LogP contribution in [0.4, 0.5) is 17.1 Å². The monoisotopic (exact) mass is 454 g/mol. The molecule has 11 heteroatoms. The first-order valence-corrected chi connectivity index (χ1v) is 10.6. The molecule has 164 valence electrons. The number of carbonyl (C=O) groups excluding carboxylic acids is 2. The standard InChI is InChI=1S/C21H18N4O6S/c22-21(27)18-11-4-5-12-19(18)23-20(26)14-24(15-7-6-8-16(13-15)25(28)29)32(30,31)17-9-2-1-3-10-17/h1-13H,14H2,(H2,22,27)(H,23,26). The van der Waals surface area contributed by atoms with E-state index in [0.29, 0.717) is 0 Å². The van der Waals surface area contributed by atoms with E-state index in [-0.39, 0.29) is 27.5 Å². The number of amides is 2. The number of hydrogen-bond acceptors (Lipinski definition) is 6. The SMILES string of the molecule is NC(=O)c1ccccc1NC(=O)CN(c1cccc([N+](=O)[O-])c1)S(=O)(=O)c1ccccc1. The Morgan fingerprint density at radius 1 is 0.969 bits per heavy atom. The predicted octanol–water partition coefficient (Wildman–Crippen LogP) is 2.53. The second-order valence-corrected chi connectivity index (χ2v) is 8.42. The summed E-state index contributed by atoms with van der Waals surface area (Å²) < 4.78 is 27.3. The summed E-state index contributed by atoms with van der Waals surface area (Å²) in [4.78, 5) is 34.8. The zero-order chi connectivity index (χ0) is 23.3. The number of anilines is 2. The molecule has 0 saturated heterocycles. The van der Waals surface area contributed by atoms with Crippen LogP contribution in [0.3, 0.4) is 0 Å². The van der Waals surface area contributed by atoms with Crippen LogP contribution in [0.25, 0.3) is 0 Å². The molecule has 0 aliphatic rings. The Labute approximate surface area is 183 Å². The lowest BCUT2D eigenvalue weighted by molar-refractivity contribution is -0.384. The third-order valence-electron chi connectivity index (χ3n) is 4.41. The summed E-state index contributed by atoms with van der Waals surface area (Å²) in [5.74, 6) is -1.54. The van der Waals surface area contributed by atoms with Gasteiger partial charge in [0, 0.05) is 12.1 Å². The minimum Gasteiger partial charge on any atom is -0.366 e. The number of rotatable bonds is 8. The topological polar surface area (TPSA) is 153 Å². The van der Waals surface area contributed by atoms with Crippen LogP contribution in [0.1, 0.15) is 10.4 Å². The van der Waals surface area contributed by atoms with Crippen molar-refractivity contribution >= 4 is 38.9 Å². The molecule has 0 aliphatic heterocycles. The van der Waals surface area contributed by atoms with E-state index >= 15 is 0 Å². The van der Waals surface area contributed by atoms with E-state index < -0.39 is 33.3 Å². The van der Waals surface area contributed by atoms with Crippen molar-refractivity contribution in [1.82, 2.24) is 0 Å². The van der Waals surface area contributed by atoms with Gasteiger partial charge < -0.3 is 11.1 Å². The van der Waals surface area contributed by atoms with E-state index in [0.717, 1.165) is 10.4 Å². The van der Waals surface area contributed by atoms with Crippen LogP contribution >= 0.6 is 0 Å². The molecule has 0 aromatic heterocycles. The highest BCUT2D eigenvalue weighted by Gasteiger charge is 2.28. The van der Waals surface area contributed by atoms with E-state index in [2.05, 4.69) is 5.32 Å². The number of nitro benzene ring substituents is 1. The van der Waals surface area contributed by atoms with Gasteiger partial charge in [0.2, 0.25) is 5.91 Å². The molecule has 3 aromatic rings. The number of sulfonamides is 1. The minimum absolute atomic E-state index is 0.0497. The first-order valence-electron chi connectivity index (χ1n) is 9.21. The second kappa shape index (κ2) is 9.27. The predicted molar refractivity (Wildman–Crippen MR) is 118 cm³/mol. The molecule has 0 saturated carbocycles. The van der Waals surface area contributed by atoms with E-state index in [1.807, 2.05) is 0 Å². The number of nitrogens with zero attached hydrogens (tertiary/aromatic N) is 2. The minimum atomic E-state index is -4.25. The molecule has 32 heavy (non-hydrogen) atoms. The highest BCUT2D eigenvalue weighted by Crippen LogP contribution is 2.27. The molecule has 3 aromatic carbocycles. The number of para-hydroxylation sites is 1. The van der Waals surface area contributed by atoms with Gasteiger partial charge in [-0.15, -0.1) is 0 Å². The van der Waals surface area contributed by atoms with Crippen LogP contribution in [0.5, 0.6) is 0 Å². The summed E-state index contributed by atoms with van der Waals surface area (Å²) in [7, 11) is -4.25. The van der Waals surface area contributed by atoms with Crippen LogP contribution in [-0.4, -0.2) is 31.7 Å². The maximum atomic E-state index is 13.3. The van der Waals surface area contributed by atoms with Gasteiger partial charge in [0.15, 0.2) is 0 Å². The number of benzene rings is 3. The molecule has 0 fully saturated rings. The van der Waals surface area contributed by atoms with E-state index in [1.165, 1.54) is 54.6 Å². The lowest BCUT2D eigenvalue weighted by atomic mass is 10.1. The third kappa shape index (κ3) is 4.90. The fourth-order valence-electron chi connectivity index (χ4n) is 2.92. The molecule has 0 atom stereocenters. The third-order valence-corrected chi connectivity index (χ3v) is 6.20. The molecular formula is C21H18N4O6S. The first kappa shape index (κ1) is 22.4. The van der Waals surface area contributed by atoms with Crippen molar-refractivity contribution in [1.29, 1.82) is 0 Å². The molecule has 2 amide bonds. The number of nitrogens with one attached hydrogen (secondary N) is 1. The van der Waals surface area contributed by atoms with Crippen molar-refractivity contribution in [2.45, 2.75) is 4.90 Å². The van der Waals surface area contributed by atoms with Gasteiger partial charge in [-0.1, -0.05) is 36.4 Å². The Balaban J connectivity index is 2.00. The van der Waals surface area contributed by atoms with Crippen molar-refractivity contribution in [3.05, 3.63) is 94.5 Å². The molecular weight excluding hydrogens is 436 g/mol. The van der Waals surface area contributed by atoms with Crippen molar-refractivity contribution in [2.75, 3.05) is 16.2 Å². The van der Waals surface area contributed by atoms with E-state index in [9.17, 15) is 28.1 Å². The Kier molecular flexibility index (Phi) is 6.50. The van der Waals surface area contributed by atoms with E-state index in [4.69, 9.17) is 5.73 Å². The molecule has 3 N–H and O–H groups in total.